The molecule has 0 bridgehead atoms. The summed E-state index contributed by atoms with van der Waals surface area (Å²) < 4.78 is 0. The second-order valence-corrected chi connectivity index (χ2v) is 8.53. The molecule has 0 aliphatic carbocycles. The van der Waals surface area contributed by atoms with Gasteiger partial charge in [0.2, 0.25) is 5.91 Å². The van der Waals surface area contributed by atoms with Crippen LogP contribution < -0.4 is 16.0 Å². The van der Waals surface area contributed by atoms with Gasteiger partial charge in [0.25, 0.3) is 11.8 Å². The van der Waals surface area contributed by atoms with Crippen LogP contribution in [0.25, 0.3) is 0 Å². The van der Waals surface area contributed by atoms with Crippen LogP contribution in [-0.2, 0) is 11.2 Å². The molecule has 1 unspecified atom stereocenters. The molecule has 4 rings (SSSR count). The van der Waals surface area contributed by atoms with E-state index in [2.05, 4.69) is 16.0 Å². The topological polar surface area (TPSA) is 87.3 Å². The van der Waals surface area contributed by atoms with Gasteiger partial charge in [0.15, 0.2) is 0 Å². The minimum atomic E-state index is -0.792. The number of thiophene rings is 1. The Balaban J connectivity index is 1.48. The molecule has 34 heavy (non-hydrogen) atoms. The van der Waals surface area contributed by atoms with Crippen molar-refractivity contribution in [2.75, 3.05) is 10.6 Å². The van der Waals surface area contributed by atoms with E-state index in [9.17, 15) is 14.4 Å². The highest BCUT2D eigenvalue weighted by Crippen LogP contribution is 2.18. The molecule has 3 aromatic carbocycles. The molecule has 1 atom stereocenters. The highest BCUT2D eigenvalue weighted by atomic mass is 32.1. The Bertz CT molecular complexity index is 1260. The van der Waals surface area contributed by atoms with Crippen LogP contribution in [0.5, 0.6) is 0 Å². The molecule has 0 saturated carbocycles. The lowest BCUT2D eigenvalue weighted by Gasteiger charge is -2.19. The van der Waals surface area contributed by atoms with E-state index in [1.807, 2.05) is 47.8 Å². The first-order valence-corrected chi connectivity index (χ1v) is 11.6. The number of amides is 3. The van der Waals surface area contributed by atoms with Crippen LogP contribution in [0.4, 0.5) is 11.4 Å². The van der Waals surface area contributed by atoms with E-state index in [1.54, 1.807) is 54.6 Å². The van der Waals surface area contributed by atoms with Crippen LogP contribution in [0.3, 0.4) is 0 Å². The number of rotatable bonds is 8. The first-order valence-electron chi connectivity index (χ1n) is 10.7. The Labute approximate surface area is 201 Å². The predicted molar refractivity (Wildman–Crippen MR) is 135 cm³/mol. The summed E-state index contributed by atoms with van der Waals surface area (Å²) in [6.07, 6.45) is 0.333. The van der Waals surface area contributed by atoms with Gasteiger partial charge in [-0.05, 0) is 47.3 Å². The lowest BCUT2D eigenvalue weighted by atomic mass is 10.0. The van der Waals surface area contributed by atoms with Gasteiger partial charge in [-0.25, -0.2) is 0 Å². The Morgan fingerprint density at radius 2 is 1.38 bits per heavy atom. The Hall–Kier alpha value is -4.23. The van der Waals surface area contributed by atoms with Gasteiger partial charge < -0.3 is 16.0 Å². The maximum absolute atomic E-state index is 13.2. The molecular weight excluding hydrogens is 446 g/mol. The van der Waals surface area contributed by atoms with Crippen molar-refractivity contribution in [2.45, 2.75) is 12.5 Å². The van der Waals surface area contributed by atoms with E-state index in [0.717, 1.165) is 5.56 Å². The monoisotopic (exact) mass is 469 g/mol. The fourth-order valence-corrected chi connectivity index (χ4v) is 4.01. The molecular formula is C27H23N3O3S. The Morgan fingerprint density at radius 3 is 2.06 bits per heavy atom. The molecule has 4 aromatic rings. The number of benzene rings is 3. The minimum Gasteiger partial charge on any atom is -0.340 e. The average Bonchev–Trinajstić information content (AvgIpc) is 3.40. The standard InChI is InChI=1S/C27H23N3O3S/c31-25(20-11-5-2-6-12-20)30-23(17-19-9-3-1-4-10-19)26(32)28-21-13-7-14-22(18-21)29-27(33)24-15-8-16-34-24/h1-16,18,23H,17H2,(H,28,32)(H,29,33)(H,30,31). The van der Waals surface area contributed by atoms with Crippen molar-refractivity contribution < 1.29 is 14.4 Å². The molecule has 0 saturated heterocycles. The summed E-state index contributed by atoms with van der Waals surface area (Å²) in [4.78, 5) is 38.9. The minimum absolute atomic E-state index is 0.212. The first-order chi connectivity index (χ1) is 16.6. The van der Waals surface area contributed by atoms with Crippen LogP contribution >= 0.6 is 11.3 Å². The second-order valence-electron chi connectivity index (χ2n) is 7.58. The molecule has 1 heterocycles. The van der Waals surface area contributed by atoms with Crippen LogP contribution in [0.15, 0.2) is 102 Å². The first kappa shape index (κ1) is 22.9. The quantitative estimate of drug-likeness (QED) is 0.340. The Kier molecular flexibility index (Phi) is 7.47. The van der Waals surface area contributed by atoms with Gasteiger partial charge in [-0.3, -0.25) is 14.4 Å². The smallest absolute Gasteiger partial charge is 0.265 e. The van der Waals surface area contributed by atoms with E-state index in [4.69, 9.17) is 0 Å². The third-order valence-electron chi connectivity index (χ3n) is 5.07. The number of anilines is 2. The van der Waals surface area contributed by atoms with Crippen molar-refractivity contribution >= 4 is 40.4 Å². The maximum atomic E-state index is 13.2. The fourth-order valence-electron chi connectivity index (χ4n) is 3.39. The lowest BCUT2D eigenvalue weighted by Crippen LogP contribution is -2.45. The second kappa shape index (κ2) is 11.1. The zero-order chi connectivity index (χ0) is 23.8. The zero-order valence-corrected chi connectivity index (χ0v) is 19.0. The molecule has 0 aliphatic heterocycles. The van der Waals surface area contributed by atoms with Gasteiger partial charge in [-0.1, -0.05) is 60.7 Å². The number of carbonyl (C=O) groups is 3. The van der Waals surface area contributed by atoms with Crippen molar-refractivity contribution in [3.8, 4) is 0 Å². The van der Waals surface area contributed by atoms with Crippen molar-refractivity contribution in [1.82, 2.24) is 5.32 Å². The van der Waals surface area contributed by atoms with Crippen LogP contribution in [-0.4, -0.2) is 23.8 Å². The van der Waals surface area contributed by atoms with Crippen molar-refractivity contribution in [2.24, 2.45) is 0 Å². The van der Waals surface area contributed by atoms with E-state index in [-0.39, 0.29) is 17.7 Å². The molecule has 3 N–H and O–H groups in total. The summed E-state index contributed by atoms with van der Waals surface area (Å²) in [5.41, 5.74) is 2.48. The number of nitrogens with one attached hydrogen (secondary N) is 3. The van der Waals surface area contributed by atoms with Gasteiger partial charge in [-0.15, -0.1) is 11.3 Å². The average molecular weight is 470 g/mol. The summed E-state index contributed by atoms with van der Waals surface area (Å²) >= 11 is 1.35. The van der Waals surface area contributed by atoms with Gasteiger partial charge >= 0.3 is 0 Å². The molecule has 7 heteroatoms. The summed E-state index contributed by atoms with van der Waals surface area (Å²) in [5.74, 6) is -0.890. The molecule has 0 spiro atoms. The molecule has 3 amide bonds. The van der Waals surface area contributed by atoms with E-state index < -0.39 is 6.04 Å². The van der Waals surface area contributed by atoms with Gasteiger partial charge in [0.05, 0.1) is 4.88 Å². The van der Waals surface area contributed by atoms with Crippen LogP contribution in [0, 0.1) is 0 Å². The highest BCUT2D eigenvalue weighted by Gasteiger charge is 2.22. The zero-order valence-electron chi connectivity index (χ0n) is 18.2. The number of carbonyl (C=O) groups excluding carboxylic acids is 3. The highest BCUT2D eigenvalue weighted by molar-refractivity contribution is 7.12. The van der Waals surface area contributed by atoms with Gasteiger partial charge in [0, 0.05) is 23.4 Å². The predicted octanol–water partition coefficient (Wildman–Crippen LogP) is 4.98. The van der Waals surface area contributed by atoms with E-state index in [1.165, 1.54) is 11.3 Å². The van der Waals surface area contributed by atoms with Crippen LogP contribution in [0.2, 0.25) is 0 Å². The van der Waals surface area contributed by atoms with Gasteiger partial charge in [0.1, 0.15) is 6.04 Å². The number of hydrogen-bond donors (Lipinski definition) is 3. The fraction of sp³-hybridized carbons (Fsp3) is 0.0741. The summed E-state index contributed by atoms with van der Waals surface area (Å²) in [7, 11) is 0. The van der Waals surface area contributed by atoms with Crippen molar-refractivity contribution in [3.05, 3.63) is 118 Å². The molecule has 170 valence electrons. The van der Waals surface area contributed by atoms with Gasteiger partial charge in [-0.2, -0.15) is 0 Å². The van der Waals surface area contributed by atoms with E-state index in [0.29, 0.717) is 28.2 Å². The van der Waals surface area contributed by atoms with Crippen molar-refractivity contribution in [1.29, 1.82) is 0 Å². The maximum Gasteiger partial charge on any atom is 0.265 e. The third-order valence-corrected chi connectivity index (χ3v) is 5.94. The molecule has 0 aliphatic rings. The summed E-state index contributed by atoms with van der Waals surface area (Å²) in [6, 6.07) is 28.0. The normalized spacial score (nSPS) is 11.3. The summed E-state index contributed by atoms with van der Waals surface area (Å²) in [6.45, 7) is 0. The van der Waals surface area contributed by atoms with E-state index >= 15 is 0 Å². The number of hydrogen-bond acceptors (Lipinski definition) is 4. The largest absolute Gasteiger partial charge is 0.340 e. The van der Waals surface area contributed by atoms with Crippen molar-refractivity contribution in [3.63, 3.8) is 0 Å². The SMILES string of the molecule is O=C(NC(Cc1ccccc1)C(=O)Nc1cccc(NC(=O)c2cccs2)c1)c1ccccc1. The molecule has 6 nitrogen and oxygen atoms in total. The van der Waals surface area contributed by atoms with Crippen LogP contribution in [0.1, 0.15) is 25.6 Å². The molecule has 0 fully saturated rings. The Morgan fingerprint density at radius 1 is 0.706 bits per heavy atom. The molecule has 1 aromatic heterocycles. The third kappa shape index (κ3) is 6.17. The lowest BCUT2D eigenvalue weighted by molar-refractivity contribution is -0.118. The molecule has 0 radical (unpaired) electrons. The summed E-state index contributed by atoms with van der Waals surface area (Å²) in [5, 5.41) is 10.4.